The largest absolute Gasteiger partial charge is 0.480 e. The van der Waals surface area contributed by atoms with Gasteiger partial charge in [-0.25, -0.2) is 0 Å². The molecule has 0 amide bonds. The number of carboxylic acids is 1. The molecule has 0 radical (unpaired) electrons. The van der Waals surface area contributed by atoms with Gasteiger partial charge in [0.15, 0.2) is 0 Å². The van der Waals surface area contributed by atoms with E-state index in [4.69, 9.17) is 9.84 Å². The van der Waals surface area contributed by atoms with Crippen molar-refractivity contribution in [2.75, 3.05) is 32.8 Å². The van der Waals surface area contributed by atoms with Crippen LogP contribution in [0.15, 0.2) is 0 Å². The van der Waals surface area contributed by atoms with Crippen molar-refractivity contribution in [1.29, 1.82) is 0 Å². The van der Waals surface area contributed by atoms with Gasteiger partial charge in [0.2, 0.25) is 0 Å². The first kappa shape index (κ1) is 10.5. The smallest absolute Gasteiger partial charge is 0.320 e. The van der Waals surface area contributed by atoms with Crippen LogP contribution >= 0.6 is 0 Å². The second-order valence-electron chi connectivity index (χ2n) is 5.27. The fraction of sp³-hybridized carbons (Fsp3) is 0.909. The monoisotopic (exact) mass is 226 g/mol. The van der Waals surface area contributed by atoms with Crippen LogP contribution < -0.4 is 5.32 Å². The molecule has 0 spiro atoms. The summed E-state index contributed by atoms with van der Waals surface area (Å²) >= 11 is 0. The molecule has 2 saturated heterocycles. The first-order valence-corrected chi connectivity index (χ1v) is 5.99. The van der Waals surface area contributed by atoms with Crippen LogP contribution in [0.2, 0.25) is 0 Å². The summed E-state index contributed by atoms with van der Waals surface area (Å²) in [6.07, 6.45) is 1.94. The molecule has 3 atom stereocenters. The van der Waals surface area contributed by atoms with Crippen molar-refractivity contribution in [3.8, 4) is 0 Å². The van der Waals surface area contributed by atoms with Gasteiger partial charge in [-0.3, -0.25) is 9.69 Å². The second kappa shape index (κ2) is 3.68. The van der Waals surface area contributed by atoms with E-state index in [1.165, 1.54) is 0 Å². The molecular weight excluding hydrogens is 208 g/mol. The molecule has 0 aromatic carbocycles. The van der Waals surface area contributed by atoms with Crippen LogP contribution in [0.4, 0.5) is 0 Å². The molecule has 3 rings (SSSR count). The maximum absolute atomic E-state index is 10.9. The summed E-state index contributed by atoms with van der Waals surface area (Å²) in [6.45, 7) is 4.66. The number of morpholine rings is 1. The van der Waals surface area contributed by atoms with Gasteiger partial charge in [0, 0.05) is 31.1 Å². The van der Waals surface area contributed by atoms with Gasteiger partial charge in [0.25, 0.3) is 0 Å². The average Bonchev–Trinajstić information content (AvgIpc) is 2.81. The highest BCUT2D eigenvalue weighted by atomic mass is 16.5. The van der Waals surface area contributed by atoms with Crippen LogP contribution in [0.5, 0.6) is 0 Å². The summed E-state index contributed by atoms with van der Waals surface area (Å²) in [5, 5.41) is 12.2. The zero-order valence-corrected chi connectivity index (χ0v) is 9.32. The Morgan fingerprint density at radius 1 is 1.44 bits per heavy atom. The Morgan fingerprint density at radius 2 is 2.19 bits per heavy atom. The zero-order valence-electron chi connectivity index (χ0n) is 9.32. The first-order chi connectivity index (χ1) is 7.70. The number of piperidine rings is 1. The fourth-order valence-electron chi connectivity index (χ4n) is 3.12. The van der Waals surface area contributed by atoms with Crippen LogP contribution in [0.3, 0.4) is 0 Å². The minimum absolute atomic E-state index is 0.250. The van der Waals surface area contributed by atoms with E-state index in [0.717, 1.165) is 45.7 Å². The predicted octanol–water partition coefficient (Wildman–Crippen LogP) is -0.476. The molecule has 3 aliphatic rings. The Bertz CT molecular complexity index is 304. The normalized spacial score (nSPS) is 43.0. The van der Waals surface area contributed by atoms with E-state index < -0.39 is 5.97 Å². The number of hydrogen-bond donors (Lipinski definition) is 2. The number of aliphatic carboxylic acids is 1. The lowest BCUT2D eigenvalue weighted by molar-refractivity contribution is -0.139. The van der Waals surface area contributed by atoms with E-state index in [1.54, 1.807) is 0 Å². The van der Waals surface area contributed by atoms with Gasteiger partial charge in [-0.05, 0) is 12.8 Å². The SMILES string of the molecule is O=C(O)[C@@H]1C[C@]2(CN3CCOCC3)C[C@@H]2N1. The number of fused-ring (bicyclic) bond motifs is 1. The van der Waals surface area contributed by atoms with Gasteiger partial charge < -0.3 is 15.2 Å². The summed E-state index contributed by atoms with van der Waals surface area (Å²) in [5.74, 6) is -0.700. The van der Waals surface area contributed by atoms with Crippen LogP contribution in [-0.2, 0) is 9.53 Å². The van der Waals surface area contributed by atoms with Gasteiger partial charge >= 0.3 is 5.97 Å². The maximum Gasteiger partial charge on any atom is 0.320 e. The molecule has 2 N–H and O–H groups in total. The molecule has 5 nitrogen and oxygen atoms in total. The first-order valence-electron chi connectivity index (χ1n) is 5.99. The third-order valence-corrected chi connectivity index (χ3v) is 4.14. The molecule has 0 aromatic heterocycles. The number of nitrogens with zero attached hydrogens (tertiary/aromatic N) is 1. The standard InChI is InChI=1S/C11H18N2O3/c14-10(15)8-5-11(6-9(11)12-8)7-13-1-3-16-4-2-13/h8-9,12H,1-7H2,(H,14,15)/t8-,9-,11+/m0/s1. The van der Waals surface area contributed by atoms with Crippen molar-refractivity contribution >= 4 is 5.97 Å². The number of carboxylic acid groups (broad SMARTS) is 1. The highest BCUT2D eigenvalue weighted by Gasteiger charge is 2.61. The Kier molecular flexibility index (Phi) is 2.42. The van der Waals surface area contributed by atoms with Crippen LogP contribution in [-0.4, -0.2) is 60.9 Å². The number of hydrogen-bond acceptors (Lipinski definition) is 4. The van der Waals surface area contributed by atoms with E-state index in [9.17, 15) is 4.79 Å². The van der Waals surface area contributed by atoms with Crippen molar-refractivity contribution in [1.82, 2.24) is 10.2 Å². The van der Waals surface area contributed by atoms with Gasteiger partial charge in [0.1, 0.15) is 6.04 Å². The lowest BCUT2D eigenvalue weighted by Gasteiger charge is -2.29. The molecule has 0 aromatic rings. The molecule has 1 saturated carbocycles. The second-order valence-corrected chi connectivity index (χ2v) is 5.27. The molecule has 3 fully saturated rings. The summed E-state index contributed by atoms with van der Waals surface area (Å²) in [4.78, 5) is 13.3. The number of ether oxygens (including phenoxy) is 1. The van der Waals surface area contributed by atoms with Crippen molar-refractivity contribution in [3.63, 3.8) is 0 Å². The van der Waals surface area contributed by atoms with Crippen LogP contribution in [0, 0.1) is 5.41 Å². The van der Waals surface area contributed by atoms with Crippen molar-refractivity contribution in [3.05, 3.63) is 0 Å². The molecule has 90 valence electrons. The van der Waals surface area contributed by atoms with E-state index in [1.807, 2.05) is 0 Å². The summed E-state index contributed by atoms with van der Waals surface area (Å²) in [5.41, 5.74) is 0.250. The van der Waals surface area contributed by atoms with Gasteiger partial charge in [-0.15, -0.1) is 0 Å². The molecule has 5 heteroatoms. The molecule has 0 bridgehead atoms. The molecule has 1 aliphatic carbocycles. The topological polar surface area (TPSA) is 61.8 Å². The Labute approximate surface area is 94.8 Å². The third kappa shape index (κ3) is 1.73. The zero-order chi connectivity index (χ0) is 11.2. The maximum atomic E-state index is 10.9. The van der Waals surface area contributed by atoms with Crippen molar-refractivity contribution < 1.29 is 14.6 Å². The van der Waals surface area contributed by atoms with E-state index >= 15 is 0 Å². The summed E-state index contributed by atoms with van der Waals surface area (Å²) < 4.78 is 5.32. The van der Waals surface area contributed by atoms with Crippen molar-refractivity contribution in [2.45, 2.75) is 24.9 Å². The molecule has 0 unspecified atom stereocenters. The summed E-state index contributed by atoms with van der Waals surface area (Å²) in [6, 6.07) is 0.122. The molecule has 2 heterocycles. The average molecular weight is 226 g/mol. The molecule has 16 heavy (non-hydrogen) atoms. The molecular formula is C11H18N2O3. The van der Waals surface area contributed by atoms with Crippen LogP contribution in [0.25, 0.3) is 0 Å². The summed E-state index contributed by atoms with van der Waals surface area (Å²) in [7, 11) is 0. The highest BCUT2D eigenvalue weighted by Crippen LogP contribution is 2.54. The molecule has 2 aliphatic heterocycles. The number of rotatable bonds is 3. The van der Waals surface area contributed by atoms with E-state index in [-0.39, 0.29) is 11.5 Å². The van der Waals surface area contributed by atoms with Gasteiger partial charge in [0.05, 0.1) is 13.2 Å². The highest BCUT2D eigenvalue weighted by molar-refractivity contribution is 5.74. The fourth-order valence-corrected chi connectivity index (χ4v) is 3.12. The van der Waals surface area contributed by atoms with Gasteiger partial charge in [-0.2, -0.15) is 0 Å². The lowest BCUT2D eigenvalue weighted by Crippen LogP contribution is -2.40. The van der Waals surface area contributed by atoms with Crippen molar-refractivity contribution in [2.24, 2.45) is 5.41 Å². The van der Waals surface area contributed by atoms with E-state index in [2.05, 4.69) is 10.2 Å². The Balaban J connectivity index is 1.57. The minimum Gasteiger partial charge on any atom is -0.480 e. The minimum atomic E-state index is -0.700. The van der Waals surface area contributed by atoms with Gasteiger partial charge in [-0.1, -0.05) is 0 Å². The quantitative estimate of drug-likeness (QED) is 0.681. The third-order valence-electron chi connectivity index (χ3n) is 4.14. The van der Waals surface area contributed by atoms with Crippen LogP contribution in [0.1, 0.15) is 12.8 Å². The number of nitrogens with one attached hydrogen (secondary N) is 1. The van der Waals surface area contributed by atoms with E-state index in [0.29, 0.717) is 6.04 Å². The Morgan fingerprint density at radius 3 is 2.81 bits per heavy atom. The lowest BCUT2D eigenvalue weighted by atomic mass is 9.99. The number of carbonyl (C=O) groups is 1. The Hall–Kier alpha value is -0.650. The predicted molar refractivity (Wildman–Crippen MR) is 57.3 cm³/mol.